The summed E-state index contributed by atoms with van der Waals surface area (Å²) in [6.45, 7) is 2.23. The Morgan fingerprint density at radius 3 is 2.81 bits per heavy atom. The number of thioether (sulfide) groups is 1. The summed E-state index contributed by atoms with van der Waals surface area (Å²) in [6.07, 6.45) is 1.56. The summed E-state index contributed by atoms with van der Waals surface area (Å²) in [5.41, 5.74) is 4.60. The number of fused-ring (bicyclic) bond motifs is 1. The first kappa shape index (κ1) is 20.5. The van der Waals surface area contributed by atoms with E-state index in [1.54, 1.807) is 18.4 Å². The normalized spacial score (nSPS) is 11.6. The molecule has 0 aliphatic carbocycles. The summed E-state index contributed by atoms with van der Waals surface area (Å²) in [7, 11) is 0. The fraction of sp³-hybridized carbons (Fsp3) is 0.143. The van der Waals surface area contributed by atoms with Crippen LogP contribution in [0.3, 0.4) is 0 Å². The zero-order valence-electron chi connectivity index (χ0n) is 16.8. The van der Waals surface area contributed by atoms with Crippen LogP contribution in [-0.4, -0.2) is 32.2 Å². The third-order valence-corrected chi connectivity index (χ3v) is 5.47. The number of nitrogen functional groups attached to an aromatic ring is 1. The summed E-state index contributed by atoms with van der Waals surface area (Å²) >= 11 is 1.18. The van der Waals surface area contributed by atoms with Gasteiger partial charge in [-0.15, -0.1) is 10.2 Å². The highest BCUT2D eigenvalue weighted by atomic mass is 32.2. The zero-order chi connectivity index (χ0) is 21.6. The van der Waals surface area contributed by atoms with Gasteiger partial charge >= 0.3 is 0 Å². The molecule has 31 heavy (non-hydrogen) atoms. The molecular weight excluding hydrogens is 414 g/mol. The number of hydrogen-bond donors (Lipinski definition) is 3. The summed E-state index contributed by atoms with van der Waals surface area (Å²) < 4.78 is 6.45. The fourth-order valence-electron chi connectivity index (χ4n) is 2.84. The minimum Gasteiger partial charge on any atom is -0.467 e. The quantitative estimate of drug-likeness (QED) is 0.168. The Morgan fingerprint density at radius 1 is 1.16 bits per heavy atom. The molecule has 1 amide bonds. The Morgan fingerprint density at radius 2 is 2.00 bits per heavy atom. The minimum atomic E-state index is -0.163. The molecule has 0 radical (unpaired) electrons. The van der Waals surface area contributed by atoms with Gasteiger partial charge in [0.1, 0.15) is 5.76 Å². The van der Waals surface area contributed by atoms with Crippen molar-refractivity contribution in [3.05, 3.63) is 72.2 Å². The van der Waals surface area contributed by atoms with Gasteiger partial charge in [-0.05, 0) is 41.5 Å². The molecule has 0 bridgehead atoms. The van der Waals surface area contributed by atoms with E-state index < -0.39 is 0 Å². The first-order valence-corrected chi connectivity index (χ1v) is 10.5. The van der Waals surface area contributed by atoms with Crippen LogP contribution in [0.1, 0.15) is 18.2 Å². The largest absolute Gasteiger partial charge is 0.467 e. The zero-order valence-corrected chi connectivity index (χ0v) is 17.6. The van der Waals surface area contributed by atoms with Gasteiger partial charge in [0.15, 0.2) is 0 Å². The molecule has 0 saturated carbocycles. The molecule has 0 aliphatic rings. The average Bonchev–Trinajstić information content (AvgIpc) is 3.44. The molecule has 10 heteroatoms. The second-order valence-electron chi connectivity index (χ2n) is 6.69. The molecule has 4 aromatic rings. The lowest BCUT2D eigenvalue weighted by atomic mass is 10.0. The molecule has 9 nitrogen and oxygen atoms in total. The first-order chi connectivity index (χ1) is 15.1. The monoisotopic (exact) mass is 435 g/mol. The third kappa shape index (κ3) is 5.04. The van der Waals surface area contributed by atoms with Crippen LogP contribution in [0.4, 0.5) is 5.95 Å². The molecule has 4 rings (SSSR count). The number of carbonyl (C=O) groups excluding carboxylic acids is 1. The lowest BCUT2D eigenvalue weighted by molar-refractivity contribution is -0.118. The predicted octanol–water partition coefficient (Wildman–Crippen LogP) is 2.98. The number of furan rings is 1. The first-order valence-electron chi connectivity index (χ1n) is 9.52. The molecule has 0 spiro atoms. The van der Waals surface area contributed by atoms with E-state index >= 15 is 0 Å². The van der Waals surface area contributed by atoms with Crippen molar-refractivity contribution in [2.75, 3.05) is 17.0 Å². The van der Waals surface area contributed by atoms with E-state index in [9.17, 15) is 4.79 Å². The number of hydrogen-bond acceptors (Lipinski definition) is 8. The highest BCUT2D eigenvalue weighted by molar-refractivity contribution is 7.99. The van der Waals surface area contributed by atoms with Gasteiger partial charge in [-0.2, -0.15) is 5.10 Å². The minimum absolute atomic E-state index is 0.148. The molecule has 0 atom stereocenters. The van der Waals surface area contributed by atoms with Crippen molar-refractivity contribution in [2.24, 2.45) is 5.10 Å². The van der Waals surface area contributed by atoms with E-state index in [0.717, 1.165) is 16.7 Å². The Kier molecular flexibility index (Phi) is 6.18. The summed E-state index contributed by atoms with van der Waals surface area (Å²) in [6, 6.07) is 17.8. The topological polar surface area (TPSA) is 123 Å². The highest BCUT2D eigenvalue weighted by Gasteiger charge is 2.12. The highest BCUT2D eigenvalue weighted by Crippen LogP contribution is 2.18. The molecule has 0 aliphatic heterocycles. The number of carbonyl (C=O) groups is 1. The van der Waals surface area contributed by atoms with Crippen LogP contribution >= 0.6 is 11.8 Å². The number of anilines is 1. The van der Waals surface area contributed by atoms with Crippen molar-refractivity contribution < 1.29 is 9.21 Å². The van der Waals surface area contributed by atoms with Crippen molar-refractivity contribution in [1.29, 1.82) is 0 Å². The summed E-state index contributed by atoms with van der Waals surface area (Å²) in [5, 5.41) is 17.8. The maximum atomic E-state index is 12.0. The van der Waals surface area contributed by atoms with Crippen LogP contribution in [0, 0.1) is 0 Å². The lowest BCUT2D eigenvalue weighted by Crippen LogP contribution is -2.24. The Bertz CT molecular complexity index is 1220. The van der Waals surface area contributed by atoms with E-state index in [1.807, 2.05) is 25.1 Å². The fourth-order valence-corrected chi connectivity index (χ4v) is 3.53. The van der Waals surface area contributed by atoms with Crippen molar-refractivity contribution in [3.63, 3.8) is 0 Å². The number of amides is 1. The third-order valence-electron chi connectivity index (χ3n) is 4.53. The van der Waals surface area contributed by atoms with Gasteiger partial charge < -0.3 is 15.6 Å². The molecule has 0 saturated heterocycles. The van der Waals surface area contributed by atoms with Crippen LogP contribution < -0.4 is 16.6 Å². The van der Waals surface area contributed by atoms with Gasteiger partial charge in [0.05, 0.1) is 24.3 Å². The SMILES string of the molecule is C/C(=N\Nc1nnc(SCC(=O)NCc2ccco2)n1N)c1ccc2ccccc2c1. The lowest BCUT2D eigenvalue weighted by Gasteiger charge is -2.06. The van der Waals surface area contributed by atoms with Gasteiger partial charge in [0.2, 0.25) is 11.1 Å². The molecule has 2 aromatic heterocycles. The number of benzene rings is 2. The van der Waals surface area contributed by atoms with Crippen molar-refractivity contribution in [2.45, 2.75) is 18.6 Å². The second-order valence-corrected chi connectivity index (χ2v) is 7.63. The number of nitrogens with two attached hydrogens (primary N) is 1. The Labute approximate surface area is 182 Å². The molecule has 158 valence electrons. The second kappa shape index (κ2) is 9.35. The van der Waals surface area contributed by atoms with Crippen LogP contribution in [0.25, 0.3) is 10.8 Å². The van der Waals surface area contributed by atoms with Crippen LogP contribution in [0.15, 0.2) is 75.5 Å². The average molecular weight is 436 g/mol. The molecule has 0 fully saturated rings. The van der Waals surface area contributed by atoms with E-state index in [0.29, 0.717) is 17.5 Å². The standard InChI is InChI=1S/C21H21N7O2S/c1-14(16-9-8-15-5-2-3-6-17(15)11-16)24-25-20-26-27-21(28(20)22)31-13-19(29)23-12-18-7-4-10-30-18/h2-11H,12-13,22H2,1H3,(H,23,29)(H,25,26)/b24-14+. The number of nitrogens with zero attached hydrogens (tertiary/aromatic N) is 4. The maximum Gasteiger partial charge on any atom is 0.264 e. The van der Waals surface area contributed by atoms with E-state index in [-0.39, 0.29) is 17.6 Å². The van der Waals surface area contributed by atoms with Crippen molar-refractivity contribution in [1.82, 2.24) is 20.2 Å². The predicted molar refractivity (Wildman–Crippen MR) is 121 cm³/mol. The van der Waals surface area contributed by atoms with E-state index in [4.69, 9.17) is 10.3 Å². The molecule has 0 unspecified atom stereocenters. The van der Waals surface area contributed by atoms with Gasteiger partial charge in [0.25, 0.3) is 5.95 Å². The van der Waals surface area contributed by atoms with Crippen LogP contribution in [0.2, 0.25) is 0 Å². The molecule has 4 N–H and O–H groups in total. The Hall–Kier alpha value is -3.79. The summed E-state index contributed by atoms with van der Waals surface area (Å²) in [4.78, 5) is 12.0. The van der Waals surface area contributed by atoms with Gasteiger partial charge in [0, 0.05) is 0 Å². The van der Waals surface area contributed by atoms with E-state index in [2.05, 4.69) is 50.3 Å². The Balaban J connectivity index is 1.34. The number of nitrogens with one attached hydrogen (secondary N) is 2. The van der Waals surface area contributed by atoms with Gasteiger partial charge in [-0.1, -0.05) is 48.2 Å². The van der Waals surface area contributed by atoms with Crippen LogP contribution in [-0.2, 0) is 11.3 Å². The van der Waals surface area contributed by atoms with Crippen molar-refractivity contribution in [3.8, 4) is 0 Å². The molecular formula is C21H21N7O2S. The van der Waals surface area contributed by atoms with Crippen LogP contribution in [0.5, 0.6) is 0 Å². The van der Waals surface area contributed by atoms with Gasteiger partial charge in [-0.3, -0.25) is 4.79 Å². The number of aromatic nitrogens is 3. The van der Waals surface area contributed by atoms with Gasteiger partial charge in [-0.25, -0.2) is 10.1 Å². The summed E-state index contributed by atoms with van der Waals surface area (Å²) in [5.74, 6) is 6.98. The maximum absolute atomic E-state index is 12.0. The number of rotatable bonds is 8. The smallest absolute Gasteiger partial charge is 0.264 e. The molecule has 2 heterocycles. The van der Waals surface area contributed by atoms with E-state index in [1.165, 1.54) is 21.8 Å². The molecule has 2 aromatic carbocycles. The number of hydrazone groups is 1. The van der Waals surface area contributed by atoms with Crippen molar-refractivity contribution >= 4 is 40.1 Å².